The second-order valence-corrected chi connectivity index (χ2v) is 3.35. The van der Waals surface area contributed by atoms with Gasteiger partial charge in [-0.1, -0.05) is 0 Å². The Hall–Kier alpha value is -1.03. The highest BCUT2D eigenvalue weighted by Gasteiger charge is 2.13. The molecule has 0 fully saturated rings. The minimum Gasteiger partial charge on any atom is -0.298 e. The number of rotatable bonds is 2. The van der Waals surface area contributed by atoms with Gasteiger partial charge in [0.25, 0.3) is 0 Å². The van der Waals surface area contributed by atoms with Crippen molar-refractivity contribution in [3.63, 3.8) is 0 Å². The Labute approximate surface area is 82.9 Å². The fourth-order valence-corrected chi connectivity index (χ4v) is 1.35. The Balaban J connectivity index is 3.44. The first-order chi connectivity index (χ1) is 6.07. The van der Waals surface area contributed by atoms with Gasteiger partial charge in [-0.15, -0.1) is 0 Å². The molecule has 0 N–H and O–H groups in total. The second-order valence-electron chi connectivity index (χ2n) is 2.50. The number of benzene rings is 1. The zero-order valence-electron chi connectivity index (χ0n) is 6.80. The molecule has 0 aliphatic carbocycles. The van der Waals surface area contributed by atoms with Crippen molar-refractivity contribution in [3.05, 3.63) is 33.5 Å². The summed E-state index contributed by atoms with van der Waals surface area (Å²) < 4.78 is 13.7. The average Bonchev–Trinajstić information content (AvgIpc) is 2.04. The van der Waals surface area contributed by atoms with Gasteiger partial charge in [0.2, 0.25) is 0 Å². The first-order valence-corrected chi connectivity index (χ1v) is 4.31. The highest BCUT2D eigenvalue weighted by Crippen LogP contribution is 2.21. The largest absolute Gasteiger partial charge is 0.298 e. The number of hydrogen-bond acceptors (Lipinski definition) is 2. The Kier molecular flexibility index (Phi) is 2.93. The minimum absolute atomic E-state index is 0.0645. The van der Waals surface area contributed by atoms with E-state index >= 15 is 0 Å². The topological polar surface area (TPSA) is 34.1 Å². The lowest BCUT2D eigenvalue weighted by Crippen LogP contribution is -2.01. The fraction of sp³-hybridized carbons (Fsp3) is 0.111. The van der Waals surface area contributed by atoms with E-state index in [9.17, 15) is 14.0 Å². The van der Waals surface area contributed by atoms with Crippen molar-refractivity contribution in [1.29, 1.82) is 0 Å². The number of hydrogen-bond donors (Lipinski definition) is 0. The molecule has 0 saturated heterocycles. The molecule has 4 heteroatoms. The van der Waals surface area contributed by atoms with Crippen molar-refractivity contribution in [2.75, 3.05) is 0 Å². The SMILES string of the molecule is CC(=O)c1ccc(Br)c(C=O)c1F. The zero-order valence-corrected chi connectivity index (χ0v) is 8.39. The average molecular weight is 245 g/mol. The van der Waals surface area contributed by atoms with Crippen molar-refractivity contribution in [3.8, 4) is 0 Å². The van der Waals surface area contributed by atoms with Crippen molar-refractivity contribution in [2.45, 2.75) is 6.92 Å². The summed E-state index contributed by atoms with van der Waals surface area (Å²) >= 11 is 3.01. The van der Waals surface area contributed by atoms with Gasteiger partial charge < -0.3 is 0 Å². The van der Waals surface area contributed by atoms with Crippen LogP contribution in [0, 0.1) is 5.82 Å². The molecule has 0 aliphatic heterocycles. The van der Waals surface area contributed by atoms with Gasteiger partial charge in [-0.3, -0.25) is 9.59 Å². The molecule has 68 valence electrons. The van der Waals surface area contributed by atoms with E-state index in [1.165, 1.54) is 19.1 Å². The molecular weight excluding hydrogens is 239 g/mol. The highest BCUT2D eigenvalue weighted by atomic mass is 79.9. The summed E-state index contributed by atoms with van der Waals surface area (Å²) in [5.41, 5.74) is -0.182. The molecule has 2 nitrogen and oxygen atoms in total. The third-order valence-electron chi connectivity index (χ3n) is 1.62. The third-order valence-corrected chi connectivity index (χ3v) is 2.32. The van der Waals surface area contributed by atoms with Crippen LogP contribution in [0.1, 0.15) is 27.6 Å². The standard InChI is InChI=1S/C9H6BrFO2/c1-5(13)6-2-3-8(10)7(4-12)9(6)11/h2-4H,1H3. The molecular formula is C9H6BrFO2. The Morgan fingerprint density at radius 1 is 1.54 bits per heavy atom. The van der Waals surface area contributed by atoms with E-state index in [1.54, 1.807) is 0 Å². The van der Waals surface area contributed by atoms with E-state index in [2.05, 4.69) is 15.9 Å². The molecule has 0 bridgehead atoms. The number of aldehydes is 1. The van der Waals surface area contributed by atoms with Gasteiger partial charge in [0.15, 0.2) is 12.1 Å². The van der Waals surface area contributed by atoms with Crippen LogP contribution in [-0.2, 0) is 0 Å². The van der Waals surface area contributed by atoms with E-state index in [0.29, 0.717) is 10.8 Å². The van der Waals surface area contributed by atoms with Crippen LogP contribution in [0.2, 0.25) is 0 Å². The van der Waals surface area contributed by atoms with Crippen LogP contribution in [0.15, 0.2) is 16.6 Å². The van der Waals surface area contributed by atoms with Gasteiger partial charge in [0.1, 0.15) is 5.82 Å². The summed E-state index contributed by atoms with van der Waals surface area (Å²) in [7, 11) is 0. The molecule has 0 radical (unpaired) electrons. The molecule has 1 rings (SSSR count). The van der Waals surface area contributed by atoms with Crippen molar-refractivity contribution < 1.29 is 14.0 Å². The summed E-state index contributed by atoms with van der Waals surface area (Å²) in [5.74, 6) is -1.16. The van der Waals surface area contributed by atoms with Crippen molar-refractivity contribution >= 4 is 28.0 Å². The first-order valence-electron chi connectivity index (χ1n) is 3.52. The molecule has 0 aromatic heterocycles. The maximum atomic E-state index is 13.3. The predicted molar refractivity (Wildman–Crippen MR) is 49.5 cm³/mol. The van der Waals surface area contributed by atoms with Crippen LogP contribution in [0.3, 0.4) is 0 Å². The molecule has 0 spiro atoms. The van der Waals surface area contributed by atoms with E-state index in [1.807, 2.05) is 0 Å². The van der Waals surface area contributed by atoms with Crippen LogP contribution in [-0.4, -0.2) is 12.1 Å². The van der Waals surface area contributed by atoms with Crippen LogP contribution in [0.5, 0.6) is 0 Å². The lowest BCUT2D eigenvalue weighted by atomic mass is 10.1. The maximum absolute atomic E-state index is 13.3. The zero-order chi connectivity index (χ0) is 10.0. The highest BCUT2D eigenvalue weighted by molar-refractivity contribution is 9.10. The molecule has 0 aliphatic rings. The van der Waals surface area contributed by atoms with Crippen molar-refractivity contribution in [2.24, 2.45) is 0 Å². The Morgan fingerprint density at radius 3 is 2.62 bits per heavy atom. The number of Topliss-reactive ketones (excluding diaryl/α,β-unsaturated/α-hetero) is 1. The van der Waals surface area contributed by atoms with Gasteiger partial charge in [-0.25, -0.2) is 4.39 Å². The summed E-state index contributed by atoms with van der Waals surface area (Å²) in [6, 6.07) is 2.82. The molecule has 0 atom stereocenters. The smallest absolute Gasteiger partial charge is 0.162 e. The summed E-state index contributed by atoms with van der Waals surface area (Å²) in [5, 5.41) is 0. The minimum atomic E-state index is -0.767. The first kappa shape index (κ1) is 10.1. The summed E-state index contributed by atoms with van der Waals surface area (Å²) in [6.45, 7) is 1.25. The lowest BCUT2D eigenvalue weighted by molar-refractivity contribution is 0.101. The van der Waals surface area contributed by atoms with Gasteiger partial charge >= 0.3 is 0 Å². The molecule has 0 saturated carbocycles. The predicted octanol–water partition coefficient (Wildman–Crippen LogP) is 2.60. The van der Waals surface area contributed by atoms with Crippen LogP contribution in [0.25, 0.3) is 0 Å². The lowest BCUT2D eigenvalue weighted by Gasteiger charge is -2.02. The molecule has 0 heterocycles. The third kappa shape index (κ3) is 1.83. The molecule has 0 amide bonds. The van der Waals surface area contributed by atoms with E-state index in [-0.39, 0.29) is 11.1 Å². The molecule has 0 unspecified atom stereocenters. The van der Waals surface area contributed by atoms with E-state index in [4.69, 9.17) is 0 Å². The van der Waals surface area contributed by atoms with Gasteiger partial charge in [-0.05, 0) is 35.0 Å². The van der Waals surface area contributed by atoms with Crippen molar-refractivity contribution in [1.82, 2.24) is 0 Å². The quantitative estimate of drug-likeness (QED) is 0.592. The molecule has 1 aromatic rings. The van der Waals surface area contributed by atoms with E-state index in [0.717, 1.165) is 0 Å². The van der Waals surface area contributed by atoms with Gasteiger partial charge in [0, 0.05) is 4.47 Å². The Bertz CT molecular complexity index is 374. The fourth-order valence-electron chi connectivity index (χ4n) is 0.949. The number of halogens is 2. The number of ketones is 1. The van der Waals surface area contributed by atoms with Gasteiger partial charge in [-0.2, -0.15) is 0 Å². The van der Waals surface area contributed by atoms with Crippen LogP contribution in [0.4, 0.5) is 4.39 Å². The monoisotopic (exact) mass is 244 g/mol. The number of carbonyl (C=O) groups excluding carboxylic acids is 2. The van der Waals surface area contributed by atoms with Crippen LogP contribution >= 0.6 is 15.9 Å². The van der Waals surface area contributed by atoms with E-state index < -0.39 is 11.6 Å². The second kappa shape index (κ2) is 3.79. The molecule has 1 aromatic carbocycles. The summed E-state index contributed by atoms with van der Waals surface area (Å²) in [6.07, 6.45) is 0.381. The maximum Gasteiger partial charge on any atom is 0.162 e. The van der Waals surface area contributed by atoms with Gasteiger partial charge in [0.05, 0.1) is 11.1 Å². The normalized spacial score (nSPS) is 9.77. The molecule has 13 heavy (non-hydrogen) atoms. The Morgan fingerprint density at radius 2 is 2.15 bits per heavy atom. The summed E-state index contributed by atoms with van der Waals surface area (Å²) in [4.78, 5) is 21.3. The number of carbonyl (C=O) groups is 2. The van der Waals surface area contributed by atoms with Crippen LogP contribution < -0.4 is 0 Å².